The number of carbonyl (C=O) groups excluding carboxylic acids is 1. The van der Waals surface area contributed by atoms with Gasteiger partial charge in [0, 0.05) is 30.9 Å². The lowest BCUT2D eigenvalue weighted by atomic mass is 10.1. The predicted octanol–water partition coefficient (Wildman–Crippen LogP) is 4.55. The fourth-order valence-electron chi connectivity index (χ4n) is 2.20. The van der Waals surface area contributed by atoms with Crippen LogP contribution in [0.25, 0.3) is 0 Å². The second-order valence-electron chi connectivity index (χ2n) is 5.50. The maximum absolute atomic E-state index is 12.6. The van der Waals surface area contributed by atoms with Gasteiger partial charge in [0.15, 0.2) is 0 Å². The Hall–Kier alpha value is -1.51. The van der Waals surface area contributed by atoms with Gasteiger partial charge in [-0.2, -0.15) is 0 Å². The molecule has 0 aromatic heterocycles. The molecule has 0 aliphatic carbocycles. The van der Waals surface area contributed by atoms with E-state index >= 15 is 0 Å². The molecule has 118 valence electrons. The lowest BCUT2D eigenvalue weighted by molar-refractivity contribution is 0.0751. The minimum absolute atomic E-state index is 0.166. The average molecular weight is 290 g/mol. The van der Waals surface area contributed by atoms with Crippen molar-refractivity contribution in [1.29, 1.82) is 0 Å². The molecular formula is C18H30N2O. The molecular weight excluding hydrogens is 260 g/mol. The molecule has 1 N–H and O–H groups in total. The summed E-state index contributed by atoms with van der Waals surface area (Å²) in [6.45, 7) is 9.17. The molecule has 3 heteroatoms. The molecule has 21 heavy (non-hydrogen) atoms. The van der Waals surface area contributed by atoms with Crippen LogP contribution in [-0.4, -0.2) is 30.4 Å². The van der Waals surface area contributed by atoms with Crippen LogP contribution in [-0.2, 0) is 0 Å². The van der Waals surface area contributed by atoms with Crippen molar-refractivity contribution in [2.75, 3.05) is 25.0 Å². The third-order valence-electron chi connectivity index (χ3n) is 3.56. The zero-order chi connectivity index (χ0) is 15.5. The minimum Gasteiger partial charge on any atom is -0.385 e. The van der Waals surface area contributed by atoms with E-state index < -0.39 is 0 Å². The Balaban J connectivity index is 2.67. The van der Waals surface area contributed by atoms with Gasteiger partial charge in [-0.1, -0.05) is 33.6 Å². The van der Waals surface area contributed by atoms with Crippen molar-refractivity contribution in [3.63, 3.8) is 0 Å². The molecule has 0 spiro atoms. The van der Waals surface area contributed by atoms with Gasteiger partial charge < -0.3 is 10.2 Å². The SMILES string of the molecule is CCCCN(CCCC)C(=O)c1ccc(NCCC)cc1. The Bertz CT molecular complexity index is 392. The van der Waals surface area contributed by atoms with Gasteiger partial charge in [-0.05, 0) is 43.5 Å². The quantitative estimate of drug-likeness (QED) is 0.685. The lowest BCUT2D eigenvalue weighted by Gasteiger charge is -2.22. The normalized spacial score (nSPS) is 10.4. The van der Waals surface area contributed by atoms with Gasteiger partial charge in [-0.15, -0.1) is 0 Å². The summed E-state index contributed by atoms with van der Waals surface area (Å²) in [5.74, 6) is 0.166. The van der Waals surface area contributed by atoms with Crippen LogP contribution in [0.15, 0.2) is 24.3 Å². The third kappa shape index (κ3) is 6.19. The second-order valence-corrected chi connectivity index (χ2v) is 5.50. The number of hydrogen-bond donors (Lipinski definition) is 1. The number of hydrogen-bond acceptors (Lipinski definition) is 2. The number of unbranched alkanes of at least 4 members (excludes halogenated alkanes) is 2. The molecule has 0 fully saturated rings. The van der Waals surface area contributed by atoms with Crippen molar-refractivity contribution in [3.8, 4) is 0 Å². The molecule has 0 bridgehead atoms. The molecule has 1 aromatic rings. The number of carbonyl (C=O) groups is 1. The van der Waals surface area contributed by atoms with Gasteiger partial charge in [0.05, 0.1) is 0 Å². The van der Waals surface area contributed by atoms with E-state index in [9.17, 15) is 4.79 Å². The monoisotopic (exact) mass is 290 g/mol. The van der Waals surface area contributed by atoms with Gasteiger partial charge in [-0.25, -0.2) is 0 Å². The molecule has 0 unspecified atom stereocenters. The summed E-state index contributed by atoms with van der Waals surface area (Å²) in [6, 6.07) is 7.87. The summed E-state index contributed by atoms with van der Waals surface area (Å²) in [6.07, 6.45) is 5.49. The molecule has 0 saturated carbocycles. The van der Waals surface area contributed by atoms with E-state index in [1.807, 2.05) is 29.2 Å². The molecule has 1 aromatic carbocycles. The second kappa shape index (κ2) is 10.3. The Labute approximate surface area is 129 Å². The molecule has 3 nitrogen and oxygen atoms in total. The molecule has 0 saturated heterocycles. The van der Waals surface area contributed by atoms with E-state index in [2.05, 4.69) is 26.1 Å². The first-order valence-corrected chi connectivity index (χ1v) is 8.36. The number of anilines is 1. The Morgan fingerprint density at radius 1 is 0.952 bits per heavy atom. The van der Waals surface area contributed by atoms with E-state index in [0.717, 1.165) is 63.0 Å². The summed E-state index contributed by atoms with van der Waals surface area (Å²) in [5, 5.41) is 3.33. The number of nitrogens with zero attached hydrogens (tertiary/aromatic N) is 1. The smallest absolute Gasteiger partial charge is 0.253 e. The van der Waals surface area contributed by atoms with Crippen molar-refractivity contribution in [2.45, 2.75) is 52.9 Å². The number of amides is 1. The van der Waals surface area contributed by atoms with Gasteiger partial charge >= 0.3 is 0 Å². The van der Waals surface area contributed by atoms with Crippen LogP contribution in [0.3, 0.4) is 0 Å². The summed E-state index contributed by atoms with van der Waals surface area (Å²) in [7, 11) is 0. The number of nitrogens with one attached hydrogen (secondary N) is 1. The Morgan fingerprint density at radius 2 is 1.52 bits per heavy atom. The van der Waals surface area contributed by atoms with Crippen molar-refractivity contribution < 1.29 is 4.79 Å². The van der Waals surface area contributed by atoms with Gasteiger partial charge in [0.25, 0.3) is 5.91 Å². The van der Waals surface area contributed by atoms with Crippen LogP contribution < -0.4 is 5.32 Å². The molecule has 0 atom stereocenters. The maximum atomic E-state index is 12.6. The van der Waals surface area contributed by atoms with Crippen LogP contribution in [0.4, 0.5) is 5.69 Å². The number of benzene rings is 1. The highest BCUT2D eigenvalue weighted by Gasteiger charge is 2.14. The maximum Gasteiger partial charge on any atom is 0.253 e. The lowest BCUT2D eigenvalue weighted by Crippen LogP contribution is -2.32. The van der Waals surface area contributed by atoms with Crippen molar-refractivity contribution >= 4 is 11.6 Å². The van der Waals surface area contributed by atoms with E-state index in [0.29, 0.717) is 0 Å². The van der Waals surface area contributed by atoms with Crippen LogP contribution >= 0.6 is 0 Å². The van der Waals surface area contributed by atoms with Gasteiger partial charge in [0.1, 0.15) is 0 Å². The summed E-state index contributed by atoms with van der Waals surface area (Å²) >= 11 is 0. The minimum atomic E-state index is 0.166. The Kier molecular flexibility index (Phi) is 8.56. The van der Waals surface area contributed by atoms with E-state index in [1.54, 1.807) is 0 Å². The van der Waals surface area contributed by atoms with E-state index in [-0.39, 0.29) is 5.91 Å². The zero-order valence-electron chi connectivity index (χ0n) is 13.8. The zero-order valence-corrected chi connectivity index (χ0v) is 13.8. The highest BCUT2D eigenvalue weighted by Crippen LogP contribution is 2.13. The molecule has 0 heterocycles. The van der Waals surface area contributed by atoms with Crippen LogP contribution in [0, 0.1) is 0 Å². The first kappa shape index (κ1) is 17.5. The largest absolute Gasteiger partial charge is 0.385 e. The number of rotatable bonds is 10. The average Bonchev–Trinajstić information content (AvgIpc) is 2.53. The highest BCUT2D eigenvalue weighted by atomic mass is 16.2. The first-order valence-electron chi connectivity index (χ1n) is 8.36. The van der Waals surface area contributed by atoms with E-state index in [4.69, 9.17) is 0 Å². The van der Waals surface area contributed by atoms with Crippen molar-refractivity contribution in [2.24, 2.45) is 0 Å². The standard InChI is InChI=1S/C18H30N2O/c1-4-7-14-20(15-8-5-2)18(21)16-9-11-17(12-10-16)19-13-6-3/h9-12,19H,4-8,13-15H2,1-3H3. The van der Waals surface area contributed by atoms with Gasteiger partial charge in [0.2, 0.25) is 0 Å². The molecule has 0 aliphatic heterocycles. The summed E-state index contributed by atoms with van der Waals surface area (Å²) in [4.78, 5) is 14.6. The van der Waals surface area contributed by atoms with Crippen LogP contribution in [0.1, 0.15) is 63.2 Å². The Morgan fingerprint density at radius 3 is 2.00 bits per heavy atom. The van der Waals surface area contributed by atoms with Gasteiger partial charge in [-0.3, -0.25) is 4.79 Å². The first-order chi connectivity index (χ1) is 10.2. The molecule has 1 amide bonds. The predicted molar refractivity (Wildman–Crippen MR) is 90.9 cm³/mol. The van der Waals surface area contributed by atoms with Crippen molar-refractivity contribution in [1.82, 2.24) is 4.90 Å². The van der Waals surface area contributed by atoms with Crippen LogP contribution in [0.5, 0.6) is 0 Å². The highest BCUT2D eigenvalue weighted by molar-refractivity contribution is 5.94. The fraction of sp³-hybridized carbons (Fsp3) is 0.611. The summed E-state index contributed by atoms with van der Waals surface area (Å²) in [5.41, 5.74) is 1.88. The molecule has 0 aliphatic rings. The van der Waals surface area contributed by atoms with Crippen molar-refractivity contribution in [3.05, 3.63) is 29.8 Å². The topological polar surface area (TPSA) is 32.3 Å². The summed E-state index contributed by atoms with van der Waals surface area (Å²) < 4.78 is 0. The van der Waals surface area contributed by atoms with Crippen LogP contribution in [0.2, 0.25) is 0 Å². The van der Waals surface area contributed by atoms with E-state index in [1.165, 1.54) is 0 Å². The molecule has 0 radical (unpaired) electrons. The fourth-order valence-corrected chi connectivity index (χ4v) is 2.20. The third-order valence-corrected chi connectivity index (χ3v) is 3.56. The molecule has 1 rings (SSSR count).